The standard InChI is InChI=1S/C21H24FN3O2S/c1-14-10-19(16(3)25(14)15(2)12-27-4)20(26)13-28-21-23-8-9-24(21)18-7-5-6-17(22)11-18/h5-11,15H,12-13H2,1-4H3. The lowest BCUT2D eigenvalue weighted by Crippen LogP contribution is -2.14. The smallest absolute Gasteiger partial charge is 0.175 e. The van der Waals surface area contributed by atoms with E-state index in [9.17, 15) is 9.18 Å². The summed E-state index contributed by atoms with van der Waals surface area (Å²) in [5, 5.41) is 0.653. The Balaban J connectivity index is 1.76. The van der Waals surface area contributed by atoms with Gasteiger partial charge in [-0.05, 0) is 45.0 Å². The number of aromatic nitrogens is 3. The summed E-state index contributed by atoms with van der Waals surface area (Å²) >= 11 is 1.35. The number of ketones is 1. The van der Waals surface area contributed by atoms with Crippen LogP contribution in [0.4, 0.5) is 4.39 Å². The molecule has 0 bridgehead atoms. The van der Waals surface area contributed by atoms with Crippen LogP contribution in [-0.4, -0.2) is 39.4 Å². The first kappa shape index (κ1) is 20.4. The molecule has 0 fully saturated rings. The van der Waals surface area contributed by atoms with Gasteiger partial charge in [-0.15, -0.1) is 0 Å². The van der Waals surface area contributed by atoms with Gasteiger partial charge >= 0.3 is 0 Å². The number of rotatable bonds is 8. The summed E-state index contributed by atoms with van der Waals surface area (Å²) in [6, 6.07) is 8.40. The summed E-state index contributed by atoms with van der Waals surface area (Å²) in [6.07, 6.45) is 3.41. The lowest BCUT2D eigenvalue weighted by Gasteiger charge is -2.17. The number of benzene rings is 1. The number of hydrogen-bond acceptors (Lipinski definition) is 4. The Labute approximate surface area is 168 Å². The number of halogens is 1. The molecule has 2 heterocycles. The highest BCUT2D eigenvalue weighted by molar-refractivity contribution is 7.99. The summed E-state index contributed by atoms with van der Waals surface area (Å²) in [6.45, 7) is 6.62. The highest BCUT2D eigenvalue weighted by Crippen LogP contribution is 2.25. The SMILES string of the molecule is COCC(C)n1c(C)cc(C(=O)CSc2nccn2-c2cccc(F)c2)c1C. The van der Waals surface area contributed by atoms with Crippen LogP contribution in [0.25, 0.3) is 5.69 Å². The summed E-state index contributed by atoms with van der Waals surface area (Å²) in [7, 11) is 1.67. The Morgan fingerprint density at radius 2 is 2.11 bits per heavy atom. The lowest BCUT2D eigenvalue weighted by atomic mass is 10.2. The van der Waals surface area contributed by atoms with Gasteiger partial charge < -0.3 is 9.30 Å². The van der Waals surface area contributed by atoms with Crippen molar-refractivity contribution in [2.24, 2.45) is 0 Å². The Bertz CT molecular complexity index is 980. The number of carbonyl (C=O) groups is 1. The van der Waals surface area contributed by atoms with Crippen molar-refractivity contribution >= 4 is 17.5 Å². The van der Waals surface area contributed by atoms with Crippen LogP contribution in [0.1, 0.15) is 34.7 Å². The molecule has 0 amide bonds. The number of ether oxygens (including phenoxy) is 1. The van der Waals surface area contributed by atoms with Gasteiger partial charge in [0.05, 0.1) is 24.1 Å². The maximum Gasteiger partial charge on any atom is 0.175 e. The largest absolute Gasteiger partial charge is 0.383 e. The van der Waals surface area contributed by atoms with Crippen LogP contribution < -0.4 is 0 Å². The predicted molar refractivity (Wildman–Crippen MR) is 109 cm³/mol. The van der Waals surface area contributed by atoms with Crippen LogP contribution in [0.3, 0.4) is 0 Å². The topological polar surface area (TPSA) is 49.1 Å². The number of Topliss-reactive ketones (excluding diaryl/α,β-unsaturated/α-hetero) is 1. The van der Waals surface area contributed by atoms with Gasteiger partial charge in [0.2, 0.25) is 0 Å². The molecule has 0 saturated carbocycles. The van der Waals surface area contributed by atoms with Crippen LogP contribution in [0, 0.1) is 19.7 Å². The van der Waals surface area contributed by atoms with E-state index in [2.05, 4.69) is 16.5 Å². The van der Waals surface area contributed by atoms with Gasteiger partial charge in [0.1, 0.15) is 5.82 Å². The van der Waals surface area contributed by atoms with Gasteiger partial charge in [-0.25, -0.2) is 9.37 Å². The Morgan fingerprint density at radius 3 is 2.82 bits per heavy atom. The molecule has 7 heteroatoms. The second-order valence-electron chi connectivity index (χ2n) is 6.73. The highest BCUT2D eigenvalue weighted by Gasteiger charge is 2.19. The van der Waals surface area contributed by atoms with E-state index in [1.54, 1.807) is 36.2 Å². The molecule has 28 heavy (non-hydrogen) atoms. The number of imidazole rings is 1. The predicted octanol–water partition coefficient (Wildman–Crippen LogP) is 4.61. The third kappa shape index (κ3) is 4.20. The zero-order valence-electron chi connectivity index (χ0n) is 16.5. The third-order valence-corrected chi connectivity index (χ3v) is 5.63. The minimum absolute atomic E-state index is 0.0442. The van der Waals surface area contributed by atoms with Crippen LogP contribution in [0.15, 0.2) is 47.9 Å². The molecular weight excluding hydrogens is 377 g/mol. The number of aryl methyl sites for hydroxylation is 1. The molecule has 0 aliphatic heterocycles. The number of methoxy groups -OCH3 is 1. The molecule has 3 aromatic rings. The fourth-order valence-electron chi connectivity index (χ4n) is 3.48. The second-order valence-corrected chi connectivity index (χ2v) is 7.67. The zero-order chi connectivity index (χ0) is 20.3. The molecule has 0 spiro atoms. The molecule has 1 atom stereocenters. The Morgan fingerprint density at radius 1 is 1.32 bits per heavy atom. The van der Waals surface area contributed by atoms with Gasteiger partial charge in [0.15, 0.2) is 10.9 Å². The van der Waals surface area contributed by atoms with Gasteiger partial charge in [0.25, 0.3) is 0 Å². The Hall–Kier alpha value is -2.38. The van der Waals surface area contributed by atoms with Crippen LogP contribution >= 0.6 is 11.8 Å². The first-order valence-electron chi connectivity index (χ1n) is 9.05. The van der Waals surface area contributed by atoms with Crippen molar-refractivity contribution in [3.8, 4) is 5.69 Å². The lowest BCUT2D eigenvalue weighted by molar-refractivity contribution is 0.102. The maximum absolute atomic E-state index is 13.5. The zero-order valence-corrected chi connectivity index (χ0v) is 17.3. The molecule has 1 aromatic carbocycles. The fourth-order valence-corrected chi connectivity index (χ4v) is 4.34. The highest BCUT2D eigenvalue weighted by atomic mass is 32.2. The van der Waals surface area contributed by atoms with E-state index in [1.165, 1.54) is 23.9 Å². The minimum Gasteiger partial charge on any atom is -0.383 e. The summed E-state index contributed by atoms with van der Waals surface area (Å²) in [4.78, 5) is 17.2. The van der Waals surface area contributed by atoms with Crippen LogP contribution in [0.2, 0.25) is 0 Å². The van der Waals surface area contributed by atoms with E-state index in [0.29, 0.717) is 17.5 Å². The molecule has 0 saturated heterocycles. The Kier molecular flexibility index (Phi) is 6.36. The van der Waals surface area contributed by atoms with Crippen molar-refractivity contribution < 1.29 is 13.9 Å². The summed E-state index contributed by atoms with van der Waals surface area (Å²) in [5.41, 5.74) is 3.38. The van der Waals surface area contributed by atoms with Crippen LogP contribution in [0.5, 0.6) is 0 Å². The molecule has 0 aliphatic carbocycles. The normalized spacial score (nSPS) is 12.3. The van der Waals surface area contributed by atoms with E-state index < -0.39 is 0 Å². The molecule has 0 radical (unpaired) electrons. The second kappa shape index (κ2) is 8.75. The quantitative estimate of drug-likeness (QED) is 0.408. The molecule has 148 valence electrons. The van der Waals surface area contributed by atoms with Gasteiger partial charge in [-0.3, -0.25) is 9.36 Å². The first-order chi connectivity index (χ1) is 13.4. The van der Waals surface area contributed by atoms with E-state index in [1.807, 2.05) is 19.9 Å². The minimum atomic E-state index is -0.309. The van der Waals surface area contributed by atoms with Crippen molar-refractivity contribution in [1.82, 2.24) is 14.1 Å². The van der Waals surface area contributed by atoms with Crippen molar-refractivity contribution in [2.45, 2.75) is 32.0 Å². The van der Waals surface area contributed by atoms with E-state index in [4.69, 9.17) is 4.74 Å². The molecular formula is C21H24FN3O2S. The fraction of sp³-hybridized carbons (Fsp3) is 0.333. The van der Waals surface area contributed by atoms with E-state index in [0.717, 1.165) is 17.0 Å². The summed E-state index contributed by atoms with van der Waals surface area (Å²) in [5.74, 6) is -0.00597. The summed E-state index contributed by atoms with van der Waals surface area (Å²) < 4.78 is 22.7. The molecule has 2 aromatic heterocycles. The average Bonchev–Trinajstić information content (AvgIpc) is 3.24. The van der Waals surface area contributed by atoms with Crippen molar-refractivity contribution in [3.05, 3.63) is 65.5 Å². The number of carbonyl (C=O) groups excluding carboxylic acids is 1. The first-order valence-corrected chi connectivity index (χ1v) is 10.0. The van der Waals surface area contributed by atoms with Crippen molar-refractivity contribution in [3.63, 3.8) is 0 Å². The van der Waals surface area contributed by atoms with Gasteiger partial charge in [-0.2, -0.15) is 0 Å². The van der Waals surface area contributed by atoms with Crippen molar-refractivity contribution in [1.29, 1.82) is 0 Å². The number of thioether (sulfide) groups is 1. The average molecular weight is 402 g/mol. The van der Waals surface area contributed by atoms with Crippen LogP contribution in [-0.2, 0) is 4.74 Å². The van der Waals surface area contributed by atoms with Gasteiger partial charge in [0, 0.05) is 36.5 Å². The molecule has 1 unspecified atom stereocenters. The number of hydrogen-bond donors (Lipinski definition) is 0. The molecule has 0 N–H and O–H groups in total. The van der Waals surface area contributed by atoms with E-state index >= 15 is 0 Å². The molecule has 0 aliphatic rings. The van der Waals surface area contributed by atoms with Crippen molar-refractivity contribution in [2.75, 3.05) is 19.5 Å². The molecule has 5 nitrogen and oxygen atoms in total. The van der Waals surface area contributed by atoms with E-state index in [-0.39, 0.29) is 23.4 Å². The van der Waals surface area contributed by atoms with Gasteiger partial charge in [-0.1, -0.05) is 17.8 Å². The number of nitrogens with zero attached hydrogens (tertiary/aromatic N) is 3. The maximum atomic E-state index is 13.5. The molecule has 3 rings (SSSR count). The third-order valence-electron chi connectivity index (χ3n) is 4.66. The monoisotopic (exact) mass is 401 g/mol.